The molecule has 1 unspecified atom stereocenters. The second-order valence-electron chi connectivity index (χ2n) is 6.79. The van der Waals surface area contributed by atoms with Crippen LogP contribution in [-0.4, -0.2) is 48.1 Å². The van der Waals surface area contributed by atoms with E-state index in [1.165, 1.54) is 11.8 Å². The van der Waals surface area contributed by atoms with E-state index in [1.54, 1.807) is 17.2 Å². The second-order valence-corrected chi connectivity index (χ2v) is 8.87. The molecule has 1 fully saturated rings. The lowest BCUT2D eigenvalue weighted by molar-refractivity contribution is -0.125. The molecule has 5 nitrogen and oxygen atoms in total. The summed E-state index contributed by atoms with van der Waals surface area (Å²) in [5.74, 6) is 0.0436. The van der Waals surface area contributed by atoms with E-state index in [1.807, 2.05) is 67.5 Å². The maximum absolute atomic E-state index is 12.8. The van der Waals surface area contributed by atoms with Gasteiger partial charge in [-0.1, -0.05) is 58.0 Å². The number of amides is 1. The molecule has 3 rings (SSSR count). The first-order chi connectivity index (χ1) is 14.0. The summed E-state index contributed by atoms with van der Waals surface area (Å²) in [5.41, 5.74) is 3.19. The second kappa shape index (κ2) is 9.89. The van der Waals surface area contributed by atoms with Gasteiger partial charge in [0.15, 0.2) is 5.17 Å². The van der Waals surface area contributed by atoms with Crippen molar-refractivity contribution in [1.82, 2.24) is 4.90 Å². The molecular formula is C22H23BrN4OS. The molecule has 1 amide bonds. The van der Waals surface area contributed by atoms with E-state index >= 15 is 0 Å². The van der Waals surface area contributed by atoms with Gasteiger partial charge in [-0.3, -0.25) is 9.69 Å². The fourth-order valence-electron chi connectivity index (χ4n) is 2.85. The Morgan fingerprint density at radius 3 is 2.48 bits per heavy atom. The van der Waals surface area contributed by atoms with Gasteiger partial charge in [-0.2, -0.15) is 5.10 Å². The Labute approximate surface area is 184 Å². The third kappa shape index (κ3) is 5.58. The molecule has 150 valence electrons. The quantitative estimate of drug-likeness (QED) is 0.338. The lowest BCUT2D eigenvalue weighted by Crippen LogP contribution is -2.32. The predicted octanol–water partition coefficient (Wildman–Crippen LogP) is 4.58. The van der Waals surface area contributed by atoms with Gasteiger partial charge in [0.25, 0.3) is 0 Å². The van der Waals surface area contributed by atoms with Crippen LogP contribution in [0.5, 0.6) is 0 Å². The molecule has 0 aliphatic carbocycles. The minimum absolute atomic E-state index is 0.0436. The fourth-order valence-corrected chi connectivity index (χ4v) is 4.26. The van der Waals surface area contributed by atoms with Crippen LogP contribution in [0.4, 0.5) is 5.69 Å². The molecule has 29 heavy (non-hydrogen) atoms. The van der Waals surface area contributed by atoms with Gasteiger partial charge in [0, 0.05) is 30.8 Å². The summed E-state index contributed by atoms with van der Waals surface area (Å²) in [6.45, 7) is 4.18. The van der Waals surface area contributed by atoms with E-state index in [0.717, 1.165) is 21.3 Å². The van der Waals surface area contributed by atoms with Crippen molar-refractivity contribution in [3.63, 3.8) is 0 Å². The maximum atomic E-state index is 12.8. The number of amidine groups is 1. The topological polar surface area (TPSA) is 48.3 Å². The van der Waals surface area contributed by atoms with Gasteiger partial charge in [-0.15, -0.1) is 11.7 Å². The van der Waals surface area contributed by atoms with E-state index in [-0.39, 0.29) is 11.2 Å². The number of carbonyl (C=O) groups is 1. The Balaban J connectivity index is 1.72. The number of nitrogens with zero attached hydrogens (tertiary/aromatic N) is 4. The van der Waals surface area contributed by atoms with Crippen LogP contribution in [0.25, 0.3) is 0 Å². The molecule has 0 saturated carbocycles. The lowest BCUT2D eigenvalue weighted by atomic mass is 10.1. The molecule has 1 aliphatic rings. The van der Waals surface area contributed by atoms with E-state index < -0.39 is 0 Å². The Kier molecular flexibility index (Phi) is 7.28. The zero-order chi connectivity index (χ0) is 20.8. The van der Waals surface area contributed by atoms with Gasteiger partial charge in [-0.05, 0) is 41.8 Å². The first-order valence-electron chi connectivity index (χ1n) is 9.19. The number of rotatable bonds is 7. The third-order valence-electron chi connectivity index (χ3n) is 4.43. The smallest absolute Gasteiger partial charge is 0.242 e. The van der Waals surface area contributed by atoms with Gasteiger partial charge in [-0.25, -0.2) is 0 Å². The van der Waals surface area contributed by atoms with Crippen LogP contribution in [0.15, 0.2) is 75.9 Å². The van der Waals surface area contributed by atoms with Gasteiger partial charge in [0.1, 0.15) is 0 Å². The number of halogens is 1. The number of anilines is 1. The SMILES string of the molecule is C=CCN1C(=O)C(Cc2ccc(Br)cc2)S/C1=N\N=C\c1ccc(N(C)C)cc1. The molecule has 0 N–H and O–H groups in total. The Morgan fingerprint density at radius 2 is 1.86 bits per heavy atom. The number of hydrogen-bond acceptors (Lipinski definition) is 5. The van der Waals surface area contributed by atoms with Gasteiger partial charge < -0.3 is 4.90 Å². The zero-order valence-corrected chi connectivity index (χ0v) is 18.9. The Hall–Kier alpha value is -2.38. The van der Waals surface area contributed by atoms with Crippen molar-refractivity contribution < 1.29 is 4.79 Å². The van der Waals surface area contributed by atoms with Crippen molar-refractivity contribution in [2.24, 2.45) is 10.2 Å². The highest BCUT2D eigenvalue weighted by atomic mass is 79.9. The normalized spacial score (nSPS) is 18.0. The molecule has 1 aliphatic heterocycles. The summed E-state index contributed by atoms with van der Waals surface area (Å²) >= 11 is 4.89. The molecule has 0 aromatic heterocycles. The van der Waals surface area contributed by atoms with Crippen LogP contribution in [0.2, 0.25) is 0 Å². The average molecular weight is 471 g/mol. The molecule has 1 saturated heterocycles. The van der Waals surface area contributed by atoms with Crippen LogP contribution >= 0.6 is 27.7 Å². The number of carbonyl (C=O) groups excluding carboxylic acids is 1. The van der Waals surface area contributed by atoms with Gasteiger partial charge in [0.2, 0.25) is 5.91 Å². The van der Waals surface area contributed by atoms with Crippen LogP contribution in [-0.2, 0) is 11.2 Å². The molecular weight excluding hydrogens is 448 g/mol. The van der Waals surface area contributed by atoms with Crippen molar-refractivity contribution in [2.75, 3.05) is 25.5 Å². The molecule has 7 heteroatoms. The van der Waals surface area contributed by atoms with E-state index in [0.29, 0.717) is 18.1 Å². The van der Waals surface area contributed by atoms with Crippen molar-refractivity contribution in [2.45, 2.75) is 11.7 Å². The summed E-state index contributed by atoms with van der Waals surface area (Å²) in [6.07, 6.45) is 4.06. The summed E-state index contributed by atoms with van der Waals surface area (Å²) in [5, 5.41) is 8.94. The summed E-state index contributed by atoms with van der Waals surface area (Å²) in [6, 6.07) is 16.1. The Morgan fingerprint density at radius 1 is 1.17 bits per heavy atom. The highest BCUT2D eigenvalue weighted by Gasteiger charge is 2.37. The lowest BCUT2D eigenvalue weighted by Gasteiger charge is -2.13. The Bertz CT molecular complexity index is 923. The highest BCUT2D eigenvalue weighted by molar-refractivity contribution is 9.10. The maximum Gasteiger partial charge on any atom is 0.242 e. The van der Waals surface area contributed by atoms with Crippen LogP contribution in [0.1, 0.15) is 11.1 Å². The molecule has 1 heterocycles. The van der Waals surface area contributed by atoms with E-state index in [9.17, 15) is 4.79 Å². The number of thioether (sulfide) groups is 1. The van der Waals surface area contributed by atoms with Gasteiger partial charge >= 0.3 is 0 Å². The molecule has 0 spiro atoms. The van der Waals surface area contributed by atoms with Crippen molar-refractivity contribution >= 4 is 50.7 Å². The van der Waals surface area contributed by atoms with Crippen molar-refractivity contribution in [3.8, 4) is 0 Å². The summed E-state index contributed by atoms with van der Waals surface area (Å²) < 4.78 is 1.02. The van der Waals surface area contributed by atoms with E-state index in [2.05, 4.69) is 32.7 Å². The number of benzene rings is 2. The zero-order valence-electron chi connectivity index (χ0n) is 16.5. The van der Waals surface area contributed by atoms with Crippen LogP contribution < -0.4 is 4.90 Å². The first-order valence-corrected chi connectivity index (χ1v) is 10.9. The largest absolute Gasteiger partial charge is 0.378 e. The van der Waals surface area contributed by atoms with Crippen molar-refractivity contribution in [1.29, 1.82) is 0 Å². The monoisotopic (exact) mass is 470 g/mol. The van der Waals surface area contributed by atoms with Crippen molar-refractivity contribution in [3.05, 3.63) is 76.8 Å². The third-order valence-corrected chi connectivity index (χ3v) is 6.12. The predicted molar refractivity (Wildman–Crippen MR) is 127 cm³/mol. The van der Waals surface area contributed by atoms with E-state index in [4.69, 9.17) is 0 Å². The summed E-state index contributed by atoms with van der Waals surface area (Å²) in [7, 11) is 4.00. The standard InChI is InChI=1S/C22H23BrN4OS/c1-4-13-27-21(28)20(14-16-5-9-18(23)10-6-16)29-22(27)25-24-15-17-7-11-19(12-8-17)26(2)3/h4-12,15,20H,1,13-14H2,2-3H3/b24-15+,25-22-. The van der Waals surface area contributed by atoms with Crippen LogP contribution in [0.3, 0.4) is 0 Å². The molecule has 2 aromatic rings. The summed E-state index contributed by atoms with van der Waals surface area (Å²) in [4.78, 5) is 16.5. The molecule has 0 radical (unpaired) electrons. The molecule has 2 aromatic carbocycles. The molecule has 1 atom stereocenters. The minimum atomic E-state index is -0.204. The van der Waals surface area contributed by atoms with Gasteiger partial charge in [0.05, 0.1) is 11.5 Å². The number of hydrogen-bond donors (Lipinski definition) is 0. The van der Waals surface area contributed by atoms with Crippen LogP contribution in [0, 0.1) is 0 Å². The molecule has 0 bridgehead atoms. The highest BCUT2D eigenvalue weighted by Crippen LogP contribution is 2.30. The fraction of sp³-hybridized carbons (Fsp3) is 0.227. The first kappa shape index (κ1) is 21.3. The minimum Gasteiger partial charge on any atom is -0.378 e. The average Bonchev–Trinajstić information content (AvgIpc) is 2.99.